The van der Waals surface area contributed by atoms with E-state index < -0.39 is 10.0 Å². The Kier molecular flexibility index (Phi) is 6.40. The summed E-state index contributed by atoms with van der Waals surface area (Å²) in [6.45, 7) is 6.00. The molecule has 0 bridgehead atoms. The van der Waals surface area contributed by atoms with Gasteiger partial charge in [0.1, 0.15) is 4.90 Å². The number of hydrogen-bond donors (Lipinski definition) is 2. The zero-order valence-electron chi connectivity index (χ0n) is 11.8. The minimum atomic E-state index is -3.53. The van der Waals surface area contributed by atoms with Gasteiger partial charge in [0.25, 0.3) is 0 Å². The first-order valence-electron chi connectivity index (χ1n) is 6.45. The highest BCUT2D eigenvalue weighted by atomic mass is 32.2. The van der Waals surface area contributed by atoms with Crippen LogP contribution >= 0.6 is 0 Å². The summed E-state index contributed by atoms with van der Waals surface area (Å²) in [6, 6.07) is 3.06. The number of sulfonamides is 1. The molecule has 8 heteroatoms. The van der Waals surface area contributed by atoms with Gasteiger partial charge >= 0.3 is 0 Å². The molecule has 0 radical (unpaired) electrons. The first-order valence-corrected chi connectivity index (χ1v) is 7.94. The zero-order chi connectivity index (χ0) is 15.0. The Bertz CT molecular complexity index is 526. The number of guanidine groups is 1. The lowest BCUT2D eigenvalue weighted by Gasteiger charge is -2.19. The second-order valence-corrected chi connectivity index (χ2v) is 5.77. The van der Waals surface area contributed by atoms with E-state index in [-0.39, 0.29) is 11.4 Å². The van der Waals surface area contributed by atoms with Gasteiger partial charge in [-0.15, -0.1) is 0 Å². The van der Waals surface area contributed by atoms with Crippen molar-refractivity contribution in [1.29, 1.82) is 0 Å². The summed E-state index contributed by atoms with van der Waals surface area (Å²) < 4.78 is 26.2. The van der Waals surface area contributed by atoms with Crippen LogP contribution in [0.15, 0.2) is 34.4 Å². The Balaban J connectivity index is 2.51. The molecule has 0 amide bonds. The van der Waals surface area contributed by atoms with Crippen LogP contribution in [0.5, 0.6) is 0 Å². The van der Waals surface area contributed by atoms with Crippen molar-refractivity contribution in [3.63, 3.8) is 0 Å². The normalized spacial score (nSPS) is 12.4. The zero-order valence-corrected chi connectivity index (χ0v) is 12.6. The molecule has 1 aromatic heterocycles. The van der Waals surface area contributed by atoms with Crippen LogP contribution in [0.3, 0.4) is 0 Å². The molecule has 0 aliphatic rings. The van der Waals surface area contributed by atoms with Crippen molar-refractivity contribution in [2.24, 2.45) is 10.7 Å². The molecule has 3 N–H and O–H groups in total. The molecule has 0 fully saturated rings. The van der Waals surface area contributed by atoms with Gasteiger partial charge in [-0.1, -0.05) is 0 Å². The second-order valence-electron chi connectivity index (χ2n) is 4.00. The number of pyridine rings is 1. The third-order valence-electron chi connectivity index (χ3n) is 2.71. The number of nitrogens with one attached hydrogen (secondary N) is 1. The van der Waals surface area contributed by atoms with Crippen LogP contribution in [0.2, 0.25) is 0 Å². The Labute approximate surface area is 120 Å². The number of rotatable bonds is 7. The number of aromatic nitrogens is 1. The summed E-state index contributed by atoms with van der Waals surface area (Å²) in [5.41, 5.74) is 5.79. The molecule has 0 saturated carbocycles. The molecule has 1 aromatic rings. The summed E-state index contributed by atoms with van der Waals surface area (Å²) >= 11 is 0. The average Bonchev–Trinajstić information content (AvgIpc) is 2.46. The maximum Gasteiger partial charge on any atom is 0.242 e. The molecule has 1 heterocycles. The fourth-order valence-corrected chi connectivity index (χ4v) is 2.57. The van der Waals surface area contributed by atoms with E-state index in [0.29, 0.717) is 12.5 Å². The first kappa shape index (κ1) is 16.4. The van der Waals surface area contributed by atoms with E-state index in [2.05, 4.69) is 14.7 Å². The van der Waals surface area contributed by atoms with Gasteiger partial charge in [-0.3, -0.25) is 9.98 Å². The van der Waals surface area contributed by atoms with Gasteiger partial charge in [-0.05, 0) is 26.0 Å². The molecular weight excluding hydrogens is 278 g/mol. The fraction of sp³-hybridized carbons (Fsp3) is 0.500. The van der Waals surface area contributed by atoms with E-state index in [1.165, 1.54) is 18.5 Å². The third-order valence-corrected chi connectivity index (χ3v) is 4.16. The first-order chi connectivity index (χ1) is 9.51. The Morgan fingerprint density at radius 2 is 2.15 bits per heavy atom. The van der Waals surface area contributed by atoms with Gasteiger partial charge < -0.3 is 10.6 Å². The minimum absolute atomic E-state index is 0.140. The minimum Gasteiger partial charge on any atom is -0.370 e. The predicted octanol–water partition coefficient (Wildman–Crippen LogP) is 0.0164. The molecule has 0 aliphatic heterocycles. The highest BCUT2D eigenvalue weighted by Gasteiger charge is 2.12. The number of nitrogens with two attached hydrogens (primary N) is 1. The van der Waals surface area contributed by atoms with E-state index in [9.17, 15) is 8.42 Å². The van der Waals surface area contributed by atoms with Gasteiger partial charge in [0.2, 0.25) is 10.0 Å². The lowest BCUT2D eigenvalue weighted by atomic mass is 10.5. The Morgan fingerprint density at radius 1 is 1.45 bits per heavy atom. The van der Waals surface area contributed by atoms with Gasteiger partial charge in [-0.25, -0.2) is 13.1 Å². The monoisotopic (exact) mass is 299 g/mol. The quantitative estimate of drug-likeness (QED) is 0.420. The molecule has 1 rings (SSSR count). The maximum absolute atomic E-state index is 11.9. The summed E-state index contributed by atoms with van der Waals surface area (Å²) in [5.74, 6) is 0.426. The van der Waals surface area contributed by atoms with Gasteiger partial charge in [0.15, 0.2) is 5.96 Å². The van der Waals surface area contributed by atoms with Crippen molar-refractivity contribution in [3.8, 4) is 0 Å². The highest BCUT2D eigenvalue weighted by molar-refractivity contribution is 7.89. The van der Waals surface area contributed by atoms with E-state index >= 15 is 0 Å². The molecule has 112 valence electrons. The molecular formula is C12H21N5O2S. The van der Waals surface area contributed by atoms with Crippen LogP contribution in [-0.4, -0.2) is 50.4 Å². The smallest absolute Gasteiger partial charge is 0.242 e. The average molecular weight is 299 g/mol. The van der Waals surface area contributed by atoms with Crippen molar-refractivity contribution in [2.45, 2.75) is 18.7 Å². The van der Waals surface area contributed by atoms with Crippen LogP contribution in [0.4, 0.5) is 0 Å². The van der Waals surface area contributed by atoms with Crippen LogP contribution < -0.4 is 10.5 Å². The number of aliphatic imine (C=N–C) groups is 1. The lowest BCUT2D eigenvalue weighted by molar-refractivity contribution is 0.458. The van der Waals surface area contributed by atoms with Crippen molar-refractivity contribution < 1.29 is 8.42 Å². The predicted molar refractivity (Wildman–Crippen MR) is 78.8 cm³/mol. The van der Waals surface area contributed by atoms with Crippen molar-refractivity contribution in [1.82, 2.24) is 14.6 Å². The SMILES string of the molecule is CCN(CC)C(N)=NCCNS(=O)(=O)c1cccnc1. The molecule has 20 heavy (non-hydrogen) atoms. The second kappa shape index (κ2) is 7.81. The molecule has 7 nitrogen and oxygen atoms in total. The van der Waals surface area contributed by atoms with Gasteiger partial charge in [-0.2, -0.15) is 0 Å². The summed E-state index contributed by atoms with van der Waals surface area (Å²) in [4.78, 5) is 9.96. The Hall–Kier alpha value is -1.67. The summed E-state index contributed by atoms with van der Waals surface area (Å²) in [6.07, 6.45) is 2.82. The molecule has 0 aliphatic carbocycles. The van der Waals surface area contributed by atoms with Crippen LogP contribution in [0, 0.1) is 0 Å². The van der Waals surface area contributed by atoms with E-state index in [1.807, 2.05) is 18.7 Å². The van der Waals surface area contributed by atoms with Crippen LogP contribution in [-0.2, 0) is 10.0 Å². The molecule has 0 unspecified atom stereocenters. The summed E-state index contributed by atoms with van der Waals surface area (Å²) in [5, 5.41) is 0. The fourth-order valence-electron chi connectivity index (χ4n) is 1.59. The topological polar surface area (TPSA) is 101 Å². The molecule has 0 aromatic carbocycles. The summed E-state index contributed by atoms with van der Waals surface area (Å²) in [7, 11) is -3.53. The van der Waals surface area contributed by atoms with Gasteiger partial charge in [0.05, 0.1) is 6.54 Å². The molecule has 0 saturated heterocycles. The van der Waals surface area contributed by atoms with Gasteiger partial charge in [0, 0.05) is 32.0 Å². The lowest BCUT2D eigenvalue weighted by Crippen LogP contribution is -2.37. The van der Waals surface area contributed by atoms with E-state index in [0.717, 1.165) is 13.1 Å². The molecule has 0 atom stereocenters. The third kappa shape index (κ3) is 4.78. The number of hydrogen-bond acceptors (Lipinski definition) is 4. The highest BCUT2D eigenvalue weighted by Crippen LogP contribution is 2.04. The van der Waals surface area contributed by atoms with Crippen LogP contribution in [0.1, 0.15) is 13.8 Å². The largest absolute Gasteiger partial charge is 0.370 e. The van der Waals surface area contributed by atoms with Crippen molar-refractivity contribution in [3.05, 3.63) is 24.5 Å². The number of nitrogens with zero attached hydrogens (tertiary/aromatic N) is 3. The Morgan fingerprint density at radius 3 is 2.70 bits per heavy atom. The standard InChI is InChI=1S/C12H21N5O2S/c1-3-17(4-2)12(13)15-8-9-16-20(18,19)11-6-5-7-14-10-11/h5-7,10,16H,3-4,8-9H2,1-2H3,(H2,13,15). The van der Waals surface area contributed by atoms with Crippen molar-refractivity contribution in [2.75, 3.05) is 26.2 Å². The maximum atomic E-state index is 11.9. The van der Waals surface area contributed by atoms with E-state index in [4.69, 9.17) is 5.73 Å². The van der Waals surface area contributed by atoms with Crippen molar-refractivity contribution >= 4 is 16.0 Å². The van der Waals surface area contributed by atoms with E-state index in [1.54, 1.807) is 6.07 Å². The molecule has 0 spiro atoms. The van der Waals surface area contributed by atoms with Crippen LogP contribution in [0.25, 0.3) is 0 Å².